The highest BCUT2D eigenvalue weighted by molar-refractivity contribution is 5.92. The van der Waals surface area contributed by atoms with E-state index >= 15 is 0 Å². The predicted molar refractivity (Wildman–Crippen MR) is 141 cm³/mol. The van der Waals surface area contributed by atoms with Crippen molar-refractivity contribution in [1.82, 2.24) is 0 Å². The van der Waals surface area contributed by atoms with E-state index < -0.39 is 0 Å². The summed E-state index contributed by atoms with van der Waals surface area (Å²) in [7, 11) is 0. The van der Waals surface area contributed by atoms with E-state index in [9.17, 15) is 4.79 Å². The minimum Gasteiger partial charge on any atom is -0.381 e. The van der Waals surface area contributed by atoms with Crippen molar-refractivity contribution in [3.63, 3.8) is 0 Å². The first-order chi connectivity index (χ1) is 15.8. The Morgan fingerprint density at radius 1 is 0.848 bits per heavy atom. The molecule has 1 aliphatic carbocycles. The van der Waals surface area contributed by atoms with Crippen LogP contribution in [0, 0.1) is 23.7 Å². The molecule has 0 bridgehead atoms. The molecule has 2 aliphatic rings. The highest BCUT2D eigenvalue weighted by atomic mass is 16.5. The first kappa shape index (κ1) is 27.1. The van der Waals surface area contributed by atoms with E-state index in [1.807, 2.05) is 42.5 Å². The van der Waals surface area contributed by atoms with Gasteiger partial charge in [-0.25, -0.2) is 0 Å². The maximum atomic E-state index is 11.9. The standard InChI is InChI=1S/C17H19NO.C7H14.C6H12O/c1-13(2)15-8-10-16(11-9-15)18-17(19)12-14-6-4-3-5-7-14;1-6(2)7-4-3-5-7;1-5(2)6-3-7-4-6/h3-11,13H,12H2,1-2H3,(H,18,19);6-7H,3-5H2,1-2H3;5-6H,3-4H2,1-2H3. The molecule has 1 heterocycles. The zero-order valence-electron chi connectivity index (χ0n) is 21.6. The van der Waals surface area contributed by atoms with E-state index in [0.717, 1.165) is 48.1 Å². The molecular weight excluding hydrogens is 406 g/mol. The summed E-state index contributed by atoms with van der Waals surface area (Å²) in [6.45, 7) is 15.4. The quantitative estimate of drug-likeness (QED) is 0.488. The van der Waals surface area contributed by atoms with Gasteiger partial charge in [0.15, 0.2) is 0 Å². The van der Waals surface area contributed by atoms with Crippen LogP contribution in [0.5, 0.6) is 0 Å². The van der Waals surface area contributed by atoms with Crippen LogP contribution in [0.2, 0.25) is 0 Å². The van der Waals surface area contributed by atoms with Crippen molar-refractivity contribution in [3.05, 3.63) is 65.7 Å². The Labute approximate surface area is 202 Å². The molecule has 0 aromatic heterocycles. The van der Waals surface area contributed by atoms with Gasteiger partial charge in [-0.3, -0.25) is 4.79 Å². The molecule has 1 aliphatic heterocycles. The zero-order chi connectivity index (χ0) is 24.2. The van der Waals surface area contributed by atoms with Crippen LogP contribution in [0.4, 0.5) is 5.69 Å². The predicted octanol–water partition coefficient (Wildman–Crippen LogP) is 7.72. The summed E-state index contributed by atoms with van der Waals surface area (Å²) in [5.41, 5.74) is 3.16. The number of ether oxygens (including phenoxy) is 1. The SMILES string of the molecule is CC(C)C1CCC1.CC(C)C1COC1.CC(C)c1ccc(NC(=O)Cc2ccccc2)cc1. The van der Waals surface area contributed by atoms with E-state index in [1.54, 1.807) is 0 Å². The molecule has 0 atom stereocenters. The van der Waals surface area contributed by atoms with Gasteiger partial charge in [0.25, 0.3) is 0 Å². The minimum absolute atomic E-state index is 0.0171. The lowest BCUT2D eigenvalue weighted by Gasteiger charge is -2.29. The number of hydrogen-bond acceptors (Lipinski definition) is 2. The second-order valence-electron chi connectivity index (χ2n) is 10.5. The maximum Gasteiger partial charge on any atom is 0.228 e. The summed E-state index contributed by atoms with van der Waals surface area (Å²) < 4.78 is 5.00. The van der Waals surface area contributed by atoms with Gasteiger partial charge in [-0.1, -0.05) is 103 Å². The molecular formula is C30H45NO2. The summed E-state index contributed by atoms with van der Waals surface area (Å²) in [5.74, 6) is 4.25. The zero-order valence-corrected chi connectivity index (χ0v) is 21.6. The van der Waals surface area contributed by atoms with E-state index in [4.69, 9.17) is 4.74 Å². The number of benzene rings is 2. The maximum absolute atomic E-state index is 11.9. The molecule has 2 aromatic carbocycles. The van der Waals surface area contributed by atoms with Gasteiger partial charge < -0.3 is 10.1 Å². The van der Waals surface area contributed by atoms with Crippen molar-refractivity contribution in [2.45, 2.75) is 73.1 Å². The first-order valence-corrected chi connectivity index (χ1v) is 12.8. The van der Waals surface area contributed by atoms with Gasteiger partial charge in [-0.2, -0.15) is 0 Å². The van der Waals surface area contributed by atoms with Crippen molar-refractivity contribution in [2.24, 2.45) is 23.7 Å². The largest absolute Gasteiger partial charge is 0.381 e. The number of hydrogen-bond donors (Lipinski definition) is 1. The Hall–Kier alpha value is -2.13. The Bertz CT molecular complexity index is 770. The highest BCUT2D eigenvalue weighted by Crippen LogP contribution is 2.32. The summed E-state index contributed by atoms with van der Waals surface area (Å²) in [4.78, 5) is 11.9. The van der Waals surface area contributed by atoms with Crippen molar-refractivity contribution >= 4 is 11.6 Å². The molecule has 2 fully saturated rings. The Morgan fingerprint density at radius 2 is 1.42 bits per heavy atom. The normalized spacial score (nSPS) is 15.7. The average Bonchev–Trinajstić information content (AvgIpc) is 2.66. The third kappa shape index (κ3) is 10.1. The van der Waals surface area contributed by atoms with Crippen molar-refractivity contribution < 1.29 is 9.53 Å². The fourth-order valence-electron chi connectivity index (χ4n) is 3.68. The van der Waals surface area contributed by atoms with E-state index in [1.165, 1.54) is 24.8 Å². The molecule has 1 amide bonds. The number of anilines is 1. The summed E-state index contributed by atoms with van der Waals surface area (Å²) in [6.07, 6.45) is 4.89. The molecule has 1 saturated carbocycles. The molecule has 33 heavy (non-hydrogen) atoms. The number of nitrogens with one attached hydrogen (secondary N) is 1. The Kier molecular flexibility index (Phi) is 11.7. The van der Waals surface area contributed by atoms with E-state index in [0.29, 0.717) is 12.3 Å². The summed E-state index contributed by atoms with van der Waals surface area (Å²) >= 11 is 0. The molecule has 182 valence electrons. The van der Waals surface area contributed by atoms with Crippen LogP contribution in [0.1, 0.15) is 77.8 Å². The molecule has 1 saturated heterocycles. The minimum atomic E-state index is 0.0171. The number of amides is 1. The van der Waals surface area contributed by atoms with Crippen molar-refractivity contribution in [3.8, 4) is 0 Å². The summed E-state index contributed by atoms with van der Waals surface area (Å²) in [6, 6.07) is 17.8. The van der Waals surface area contributed by atoms with Gasteiger partial charge in [0.1, 0.15) is 0 Å². The smallest absolute Gasteiger partial charge is 0.228 e. The molecule has 0 spiro atoms. The summed E-state index contributed by atoms with van der Waals surface area (Å²) in [5, 5.41) is 2.92. The molecule has 3 heteroatoms. The van der Waals surface area contributed by atoms with Crippen LogP contribution in [0.25, 0.3) is 0 Å². The van der Waals surface area contributed by atoms with Crippen LogP contribution < -0.4 is 5.32 Å². The third-order valence-electron chi connectivity index (χ3n) is 6.77. The fourth-order valence-corrected chi connectivity index (χ4v) is 3.68. The van der Waals surface area contributed by atoms with Crippen molar-refractivity contribution in [2.75, 3.05) is 18.5 Å². The van der Waals surface area contributed by atoms with E-state index in [-0.39, 0.29) is 5.91 Å². The van der Waals surface area contributed by atoms with Gasteiger partial charge in [0.05, 0.1) is 19.6 Å². The number of carbonyl (C=O) groups is 1. The van der Waals surface area contributed by atoms with Crippen LogP contribution >= 0.6 is 0 Å². The van der Waals surface area contributed by atoms with Crippen LogP contribution in [-0.2, 0) is 16.0 Å². The van der Waals surface area contributed by atoms with Gasteiger partial charge in [-0.15, -0.1) is 0 Å². The Balaban J connectivity index is 0.000000223. The number of rotatable bonds is 6. The number of carbonyl (C=O) groups excluding carboxylic acids is 1. The second-order valence-corrected chi connectivity index (χ2v) is 10.5. The monoisotopic (exact) mass is 451 g/mol. The lowest BCUT2D eigenvalue weighted by molar-refractivity contribution is -0.115. The van der Waals surface area contributed by atoms with Crippen LogP contribution in [-0.4, -0.2) is 19.1 Å². The molecule has 4 rings (SSSR count). The topological polar surface area (TPSA) is 38.3 Å². The van der Waals surface area contributed by atoms with Gasteiger partial charge >= 0.3 is 0 Å². The van der Waals surface area contributed by atoms with Crippen molar-refractivity contribution in [1.29, 1.82) is 0 Å². The average molecular weight is 452 g/mol. The molecule has 3 nitrogen and oxygen atoms in total. The second kappa shape index (κ2) is 14.2. The highest BCUT2D eigenvalue weighted by Gasteiger charge is 2.21. The molecule has 2 aromatic rings. The molecule has 1 N–H and O–H groups in total. The van der Waals surface area contributed by atoms with Crippen LogP contribution in [0.3, 0.4) is 0 Å². The molecule has 0 radical (unpaired) electrons. The fraction of sp³-hybridized carbons (Fsp3) is 0.567. The van der Waals surface area contributed by atoms with Crippen LogP contribution in [0.15, 0.2) is 54.6 Å². The van der Waals surface area contributed by atoms with E-state index in [2.05, 4.69) is 59.0 Å². The van der Waals surface area contributed by atoms with Gasteiger partial charge in [0.2, 0.25) is 5.91 Å². The third-order valence-corrected chi connectivity index (χ3v) is 6.77. The van der Waals surface area contributed by atoms with Gasteiger partial charge in [0, 0.05) is 11.6 Å². The lowest BCUT2D eigenvalue weighted by Crippen LogP contribution is -2.31. The molecule has 0 unspecified atom stereocenters. The lowest BCUT2D eigenvalue weighted by atomic mass is 9.78. The Morgan fingerprint density at radius 3 is 1.76 bits per heavy atom. The first-order valence-electron chi connectivity index (χ1n) is 12.8. The van der Waals surface area contributed by atoms with Gasteiger partial charge in [-0.05, 0) is 46.9 Å².